The second-order valence-corrected chi connectivity index (χ2v) is 33.8. The minimum atomic E-state index is -3.96. The fourth-order valence-corrected chi connectivity index (χ4v) is 16.3. The van der Waals surface area contributed by atoms with Gasteiger partial charge in [0.05, 0.1) is 0 Å². The molecule has 33 heavy (non-hydrogen) atoms. The van der Waals surface area contributed by atoms with E-state index in [0.29, 0.717) is 36.1 Å². The quantitative estimate of drug-likeness (QED) is 0.234. The molecule has 2 aromatic carbocycles. The molecule has 0 heterocycles. The molecule has 0 radical (unpaired) electrons. The molecule has 0 saturated heterocycles. The second-order valence-electron chi connectivity index (χ2n) is 9.23. The average Bonchev–Trinajstić information content (AvgIpc) is 2.79. The SMILES string of the molecule is CC(C)CCC[N](C(=O)c1ccccc1)[Zr]([Br])([Br])[N](CCCC(C)C)C(=O)c1ccccc1. The van der Waals surface area contributed by atoms with Crippen LogP contribution >= 0.6 is 24.4 Å². The molecule has 0 unspecified atom stereocenters. The zero-order valence-corrected chi connectivity index (χ0v) is 25.8. The first kappa shape index (κ1) is 28.5. The first-order valence-corrected chi connectivity index (χ1v) is 25.2. The van der Waals surface area contributed by atoms with Gasteiger partial charge >= 0.3 is 218 Å². The van der Waals surface area contributed by atoms with Gasteiger partial charge in [0.25, 0.3) is 0 Å². The Morgan fingerprint density at radius 3 is 1.33 bits per heavy atom. The van der Waals surface area contributed by atoms with Crippen LogP contribution in [0, 0.1) is 11.8 Å². The third kappa shape index (κ3) is 8.74. The predicted octanol–water partition coefficient (Wildman–Crippen LogP) is 7.75. The van der Waals surface area contributed by atoms with E-state index in [2.05, 4.69) is 52.1 Å². The molecule has 2 rings (SSSR count). The van der Waals surface area contributed by atoms with Crippen molar-refractivity contribution in [1.82, 2.24) is 5.69 Å². The van der Waals surface area contributed by atoms with E-state index in [4.69, 9.17) is 0 Å². The number of benzene rings is 2. The molecule has 0 spiro atoms. The van der Waals surface area contributed by atoms with E-state index in [-0.39, 0.29) is 11.8 Å². The molecule has 2 amide bonds. The van der Waals surface area contributed by atoms with Crippen LogP contribution in [0.3, 0.4) is 0 Å². The third-order valence-corrected chi connectivity index (χ3v) is 20.9. The van der Waals surface area contributed by atoms with Crippen LogP contribution in [-0.4, -0.2) is 30.6 Å². The molecule has 0 saturated carbocycles. The van der Waals surface area contributed by atoms with Crippen molar-refractivity contribution >= 4 is 36.3 Å². The van der Waals surface area contributed by atoms with Crippen LogP contribution < -0.4 is 0 Å². The maximum atomic E-state index is 13.7. The Hall–Kier alpha value is -0.777. The monoisotopic (exact) mass is 656 g/mol. The normalized spacial score (nSPS) is 11.6. The summed E-state index contributed by atoms with van der Waals surface area (Å²) in [6.45, 7) is 10.00. The zero-order valence-electron chi connectivity index (χ0n) is 20.1. The van der Waals surface area contributed by atoms with Gasteiger partial charge in [0.2, 0.25) is 0 Å². The van der Waals surface area contributed by atoms with Gasteiger partial charge in [-0.1, -0.05) is 0 Å². The summed E-state index contributed by atoms with van der Waals surface area (Å²) in [5.41, 5.74) is 1.30. The minimum absolute atomic E-state index is 0.0290. The van der Waals surface area contributed by atoms with Crippen LogP contribution in [0.5, 0.6) is 0 Å². The number of hydrogen-bond donors (Lipinski definition) is 0. The van der Waals surface area contributed by atoms with Crippen molar-refractivity contribution in [3.63, 3.8) is 0 Å². The first-order valence-electron chi connectivity index (χ1n) is 11.8. The Kier molecular flexibility index (Phi) is 12.0. The Bertz CT molecular complexity index is 805. The van der Waals surface area contributed by atoms with Crippen LogP contribution in [0.25, 0.3) is 0 Å². The molecule has 4 nitrogen and oxygen atoms in total. The Balaban J connectivity index is 2.41. The number of hydrogen-bond acceptors (Lipinski definition) is 2. The number of halogens is 2. The number of rotatable bonds is 12. The second kappa shape index (κ2) is 13.9. The molecule has 7 heteroatoms. The standard InChI is InChI=1S/2C13H19NO.2BrH.Zr/c2*1-11(2)7-6-10-14-13(15)12-8-4-3-5-9-12;;;/h2*3-5,8-9,11H,6-7,10H2,1-2H3,(H,14,15);2*1H;/q;;;;+4/p-4. The molecule has 0 aromatic heterocycles. The van der Waals surface area contributed by atoms with E-state index < -0.39 is 16.1 Å². The molecule has 0 fully saturated rings. The van der Waals surface area contributed by atoms with Crippen LogP contribution in [0.1, 0.15) is 74.1 Å². The summed E-state index contributed by atoms with van der Waals surface area (Å²) in [6, 6.07) is 18.8. The van der Waals surface area contributed by atoms with E-state index in [9.17, 15) is 9.59 Å². The number of carbonyl (C=O) groups excluding carboxylic acids is 2. The summed E-state index contributed by atoms with van der Waals surface area (Å²) < 4.78 is 3.89. The van der Waals surface area contributed by atoms with E-state index in [0.717, 1.165) is 25.7 Å². The molecule has 2 aromatic rings. The molecular weight excluding hydrogens is 623 g/mol. The number of carbonyl (C=O) groups is 2. The van der Waals surface area contributed by atoms with Gasteiger partial charge in [-0.3, -0.25) is 0 Å². The van der Waals surface area contributed by atoms with E-state index in [1.165, 1.54) is 0 Å². The van der Waals surface area contributed by atoms with E-state index in [1.54, 1.807) is 0 Å². The Labute approximate surface area is 216 Å². The Morgan fingerprint density at radius 2 is 1.03 bits per heavy atom. The van der Waals surface area contributed by atoms with Crippen LogP contribution in [0.15, 0.2) is 60.7 Å². The molecule has 0 aliphatic carbocycles. The van der Waals surface area contributed by atoms with Crippen molar-refractivity contribution in [2.75, 3.05) is 13.1 Å². The van der Waals surface area contributed by atoms with Crippen LogP contribution in [0.2, 0.25) is 0 Å². The molecule has 0 N–H and O–H groups in total. The molecular formula is C26H36Br2N2O2Zr. The molecule has 0 bridgehead atoms. The molecule has 0 atom stereocenters. The summed E-state index contributed by atoms with van der Waals surface area (Å²) in [5.74, 6) is 1.06. The first-order chi connectivity index (χ1) is 15.6. The summed E-state index contributed by atoms with van der Waals surface area (Å²) >= 11 is 4.01. The van der Waals surface area contributed by atoms with Crippen molar-refractivity contribution in [2.45, 2.75) is 53.4 Å². The molecule has 0 aliphatic heterocycles. The van der Waals surface area contributed by atoms with Crippen LogP contribution in [-0.2, 0) is 16.1 Å². The third-order valence-electron chi connectivity index (χ3n) is 5.51. The van der Waals surface area contributed by atoms with Crippen molar-refractivity contribution < 1.29 is 25.7 Å². The van der Waals surface area contributed by atoms with Gasteiger partial charge < -0.3 is 0 Å². The summed E-state index contributed by atoms with van der Waals surface area (Å²) in [7, 11) is 0. The van der Waals surface area contributed by atoms with Crippen molar-refractivity contribution in [2.24, 2.45) is 11.8 Å². The van der Waals surface area contributed by atoms with Gasteiger partial charge in [-0.15, -0.1) is 0 Å². The average molecular weight is 660 g/mol. The van der Waals surface area contributed by atoms with Crippen molar-refractivity contribution in [1.29, 1.82) is 0 Å². The van der Waals surface area contributed by atoms with Crippen LogP contribution in [0.4, 0.5) is 0 Å². The van der Waals surface area contributed by atoms with Gasteiger partial charge in [-0.25, -0.2) is 0 Å². The fourth-order valence-electron chi connectivity index (χ4n) is 3.65. The van der Waals surface area contributed by atoms with Gasteiger partial charge in [0, 0.05) is 0 Å². The number of nitrogens with zero attached hydrogens (tertiary/aromatic N) is 2. The fraction of sp³-hybridized carbons (Fsp3) is 0.462. The van der Waals surface area contributed by atoms with Gasteiger partial charge in [-0.2, -0.15) is 0 Å². The summed E-state index contributed by atoms with van der Waals surface area (Å²) in [6.07, 6.45) is 3.85. The molecule has 180 valence electrons. The molecule has 0 aliphatic rings. The predicted molar refractivity (Wildman–Crippen MR) is 141 cm³/mol. The zero-order chi connectivity index (χ0) is 24.4. The maximum absolute atomic E-state index is 13.7. The van der Waals surface area contributed by atoms with Crippen molar-refractivity contribution in [3.8, 4) is 0 Å². The summed E-state index contributed by atoms with van der Waals surface area (Å²) in [5, 5.41) is 0. The van der Waals surface area contributed by atoms with E-state index >= 15 is 0 Å². The van der Waals surface area contributed by atoms with Gasteiger partial charge in [0.15, 0.2) is 0 Å². The summed E-state index contributed by atoms with van der Waals surface area (Å²) in [4.78, 5) is 27.4. The van der Waals surface area contributed by atoms with E-state index in [1.807, 2.05) is 66.4 Å². The van der Waals surface area contributed by atoms with Gasteiger partial charge in [-0.05, 0) is 0 Å². The van der Waals surface area contributed by atoms with Crippen molar-refractivity contribution in [3.05, 3.63) is 71.8 Å². The topological polar surface area (TPSA) is 40.6 Å². The van der Waals surface area contributed by atoms with Gasteiger partial charge in [0.1, 0.15) is 0 Å². The number of amides is 2. The Morgan fingerprint density at radius 1 is 0.697 bits per heavy atom.